The molecule has 0 amide bonds. The normalized spacial score (nSPS) is 24.9. The third kappa shape index (κ3) is 5.83. The van der Waals surface area contributed by atoms with Crippen LogP contribution in [-0.4, -0.2) is 6.61 Å². The summed E-state index contributed by atoms with van der Waals surface area (Å²) < 4.78 is 68.7. The molecule has 1 aliphatic carbocycles. The highest BCUT2D eigenvalue weighted by Gasteiger charge is 2.65. The predicted octanol–water partition coefficient (Wildman–Crippen LogP) is 7.72. The van der Waals surface area contributed by atoms with E-state index in [-0.39, 0.29) is 5.75 Å². The van der Waals surface area contributed by atoms with Gasteiger partial charge in [-0.05, 0) is 48.9 Å². The van der Waals surface area contributed by atoms with Crippen LogP contribution in [0.3, 0.4) is 0 Å². The maximum atomic E-state index is 12.6. The van der Waals surface area contributed by atoms with Crippen LogP contribution in [0.15, 0.2) is 29.2 Å². The van der Waals surface area contributed by atoms with Gasteiger partial charge in [-0.2, -0.15) is 0 Å². The van der Waals surface area contributed by atoms with Gasteiger partial charge in [-0.25, -0.2) is 0 Å². The van der Waals surface area contributed by atoms with Crippen LogP contribution in [0.25, 0.3) is 0 Å². The molecule has 0 bridgehead atoms. The number of benzene rings is 1. The van der Waals surface area contributed by atoms with Gasteiger partial charge in [0.2, 0.25) is 0 Å². The SMILES string of the molecule is CCCCC1CCC(COc2ccc(S(F)(F)(F)(F)F)cc2)CC1. The fourth-order valence-corrected chi connectivity index (χ4v) is 3.84. The van der Waals surface area contributed by atoms with Gasteiger partial charge in [0.1, 0.15) is 10.6 Å². The van der Waals surface area contributed by atoms with Crippen LogP contribution < -0.4 is 4.74 Å². The molecule has 0 spiro atoms. The van der Waals surface area contributed by atoms with Gasteiger partial charge in [-0.15, -0.1) is 0 Å². The average Bonchev–Trinajstić information content (AvgIpc) is 2.50. The van der Waals surface area contributed by atoms with Gasteiger partial charge in [0.15, 0.2) is 0 Å². The molecule has 1 aliphatic rings. The number of halogens is 5. The van der Waals surface area contributed by atoms with Crippen molar-refractivity contribution in [1.29, 1.82) is 0 Å². The number of hydrogen-bond acceptors (Lipinski definition) is 1. The first-order valence-electron chi connectivity index (χ1n) is 8.45. The van der Waals surface area contributed by atoms with Crippen molar-refractivity contribution in [3.05, 3.63) is 24.3 Å². The maximum absolute atomic E-state index is 12.6. The third-order valence-electron chi connectivity index (χ3n) is 4.69. The zero-order valence-corrected chi connectivity index (χ0v) is 14.6. The molecule has 0 radical (unpaired) electrons. The van der Waals surface area contributed by atoms with Crippen LogP contribution >= 0.6 is 10.2 Å². The molecule has 0 aromatic heterocycles. The number of rotatable bonds is 7. The summed E-state index contributed by atoms with van der Waals surface area (Å²) in [6.07, 6.45) is 8.16. The monoisotopic (exact) mass is 372 g/mol. The largest absolute Gasteiger partial charge is 0.493 e. The molecule has 1 saturated carbocycles. The number of hydrogen-bond donors (Lipinski definition) is 0. The first kappa shape index (κ1) is 19.3. The Labute approximate surface area is 140 Å². The minimum Gasteiger partial charge on any atom is -0.493 e. The smallest absolute Gasteiger partial charge is 0.310 e. The van der Waals surface area contributed by atoms with Crippen molar-refractivity contribution in [2.45, 2.75) is 56.8 Å². The van der Waals surface area contributed by atoms with E-state index in [0.717, 1.165) is 43.7 Å². The molecular weight excluding hydrogens is 347 g/mol. The van der Waals surface area contributed by atoms with Crippen LogP contribution in [0, 0.1) is 11.8 Å². The van der Waals surface area contributed by atoms with Crippen LogP contribution in [0.1, 0.15) is 51.9 Å². The van der Waals surface area contributed by atoms with Crippen LogP contribution in [0.2, 0.25) is 0 Å². The van der Waals surface area contributed by atoms with E-state index < -0.39 is 15.1 Å². The second kappa shape index (κ2) is 6.39. The molecule has 7 heteroatoms. The summed E-state index contributed by atoms with van der Waals surface area (Å²) in [4.78, 5) is -1.88. The quantitative estimate of drug-likeness (QED) is 0.445. The lowest BCUT2D eigenvalue weighted by Gasteiger charge is -2.40. The zero-order chi connectivity index (χ0) is 17.9. The summed E-state index contributed by atoms with van der Waals surface area (Å²) in [6, 6.07) is 2.75. The minimum absolute atomic E-state index is 0.203. The standard InChI is InChI=1S/C17H25F5OS/c1-2-3-4-14-5-7-15(8-6-14)13-23-16-9-11-17(12-10-16)24(18,19,20,21)22/h9-12,14-15H,2-8,13H2,1H3. The lowest BCUT2D eigenvalue weighted by molar-refractivity contribution is 0.178. The molecule has 24 heavy (non-hydrogen) atoms. The molecule has 0 saturated heterocycles. The van der Waals surface area contributed by atoms with Crippen molar-refractivity contribution in [1.82, 2.24) is 0 Å². The number of unbranched alkanes of at least 4 members (excludes halogenated alkanes) is 1. The van der Waals surface area contributed by atoms with Gasteiger partial charge < -0.3 is 4.74 Å². The maximum Gasteiger partial charge on any atom is 0.310 e. The van der Waals surface area contributed by atoms with Crippen molar-refractivity contribution in [2.24, 2.45) is 11.8 Å². The van der Waals surface area contributed by atoms with Gasteiger partial charge in [0.05, 0.1) is 6.61 Å². The molecular formula is C17H25F5OS. The fourth-order valence-electron chi connectivity index (χ4n) is 3.19. The molecule has 140 valence electrons. The Morgan fingerprint density at radius 1 is 0.917 bits per heavy atom. The van der Waals surface area contributed by atoms with E-state index in [9.17, 15) is 19.4 Å². The highest BCUT2D eigenvalue weighted by atomic mass is 32.5. The van der Waals surface area contributed by atoms with Crippen molar-refractivity contribution in [3.8, 4) is 5.75 Å². The molecule has 0 unspecified atom stereocenters. The topological polar surface area (TPSA) is 9.23 Å². The molecule has 1 nitrogen and oxygen atoms in total. The third-order valence-corrected chi connectivity index (χ3v) is 5.85. The molecule has 0 N–H and O–H groups in total. The van der Waals surface area contributed by atoms with Crippen molar-refractivity contribution in [3.63, 3.8) is 0 Å². The van der Waals surface area contributed by atoms with Gasteiger partial charge >= 0.3 is 10.2 Å². The fraction of sp³-hybridized carbons (Fsp3) is 0.647. The van der Waals surface area contributed by atoms with Crippen LogP contribution in [0.5, 0.6) is 5.75 Å². The van der Waals surface area contributed by atoms with Crippen molar-refractivity contribution >= 4 is 10.2 Å². The van der Waals surface area contributed by atoms with E-state index in [4.69, 9.17) is 4.74 Å². The molecule has 1 aromatic rings. The van der Waals surface area contributed by atoms with Crippen LogP contribution in [0.4, 0.5) is 19.4 Å². The van der Waals surface area contributed by atoms with Gasteiger partial charge in [-0.3, -0.25) is 0 Å². The Bertz CT molecular complexity index is 532. The van der Waals surface area contributed by atoms with E-state index >= 15 is 0 Å². The van der Waals surface area contributed by atoms with Crippen molar-refractivity contribution < 1.29 is 24.2 Å². The summed E-state index contributed by atoms with van der Waals surface area (Å²) in [7, 11) is -9.59. The Morgan fingerprint density at radius 2 is 1.46 bits per heavy atom. The average molecular weight is 372 g/mol. The zero-order valence-electron chi connectivity index (χ0n) is 13.8. The van der Waals surface area contributed by atoms with E-state index in [0.29, 0.717) is 24.7 Å². The number of ether oxygens (including phenoxy) is 1. The lowest BCUT2D eigenvalue weighted by atomic mass is 9.80. The predicted molar refractivity (Wildman–Crippen MR) is 88.3 cm³/mol. The Kier molecular flexibility index (Phi) is 5.15. The van der Waals surface area contributed by atoms with E-state index in [2.05, 4.69) is 6.92 Å². The lowest BCUT2D eigenvalue weighted by Crippen LogP contribution is -2.20. The first-order valence-corrected chi connectivity index (χ1v) is 10.4. The van der Waals surface area contributed by atoms with Gasteiger partial charge in [-0.1, -0.05) is 58.5 Å². The van der Waals surface area contributed by atoms with E-state index in [1.54, 1.807) is 0 Å². The summed E-state index contributed by atoms with van der Waals surface area (Å²) in [5.74, 6) is 1.37. The summed E-state index contributed by atoms with van der Waals surface area (Å²) in [6.45, 7) is 2.61. The highest BCUT2D eigenvalue weighted by molar-refractivity contribution is 8.45. The Balaban J connectivity index is 1.82. The van der Waals surface area contributed by atoms with Gasteiger partial charge in [0.25, 0.3) is 0 Å². The Hall–Kier alpha value is -0.980. The second-order valence-electron chi connectivity index (χ2n) is 6.78. The molecule has 0 heterocycles. The minimum atomic E-state index is -9.59. The first-order chi connectivity index (χ1) is 11.0. The van der Waals surface area contributed by atoms with Crippen LogP contribution in [-0.2, 0) is 0 Å². The second-order valence-corrected chi connectivity index (χ2v) is 9.19. The Morgan fingerprint density at radius 3 is 1.96 bits per heavy atom. The highest BCUT2D eigenvalue weighted by Crippen LogP contribution is 3.02. The van der Waals surface area contributed by atoms with E-state index in [1.807, 2.05) is 0 Å². The molecule has 0 aliphatic heterocycles. The molecule has 2 rings (SSSR count). The van der Waals surface area contributed by atoms with Crippen molar-refractivity contribution in [2.75, 3.05) is 6.61 Å². The molecule has 1 aromatic carbocycles. The van der Waals surface area contributed by atoms with Gasteiger partial charge in [0, 0.05) is 0 Å². The molecule has 0 atom stereocenters. The summed E-state index contributed by atoms with van der Waals surface area (Å²) >= 11 is 0. The van der Waals surface area contributed by atoms with E-state index in [1.165, 1.54) is 19.3 Å². The summed E-state index contributed by atoms with van der Waals surface area (Å²) in [5.41, 5.74) is 0. The summed E-state index contributed by atoms with van der Waals surface area (Å²) in [5, 5.41) is 0. The molecule has 1 fully saturated rings.